The molecule has 3 heterocycles. The molecule has 0 aliphatic carbocycles. The van der Waals surface area contributed by atoms with Crippen molar-refractivity contribution in [2.24, 2.45) is 0 Å². The third kappa shape index (κ3) is 4.26. The number of benzene rings is 1. The summed E-state index contributed by atoms with van der Waals surface area (Å²) >= 11 is 7.40. The zero-order valence-electron chi connectivity index (χ0n) is 15.8. The van der Waals surface area contributed by atoms with Crippen LogP contribution in [0.4, 0.5) is 0 Å². The maximum absolute atomic E-state index is 12.9. The largest absolute Gasteiger partial charge is 0.337 e. The molecule has 1 unspecified atom stereocenters. The summed E-state index contributed by atoms with van der Waals surface area (Å²) in [6.07, 6.45) is 2.83. The number of hydrogen-bond acceptors (Lipinski definition) is 4. The molecule has 28 heavy (non-hydrogen) atoms. The Morgan fingerprint density at radius 2 is 2.07 bits per heavy atom. The summed E-state index contributed by atoms with van der Waals surface area (Å²) in [6, 6.07) is 14.1. The Morgan fingerprint density at radius 3 is 2.82 bits per heavy atom. The lowest BCUT2D eigenvalue weighted by Crippen LogP contribution is -2.39. The van der Waals surface area contributed by atoms with E-state index >= 15 is 0 Å². The zero-order valence-corrected chi connectivity index (χ0v) is 17.3. The van der Waals surface area contributed by atoms with E-state index in [1.165, 1.54) is 16.9 Å². The van der Waals surface area contributed by atoms with Gasteiger partial charge >= 0.3 is 0 Å². The van der Waals surface area contributed by atoms with Crippen molar-refractivity contribution in [3.05, 3.63) is 80.5 Å². The standard InChI is InChI=1S/C22H22ClN3OS/c1-15-21(28-14-24-15)22(27)26-11-3-4-17(13-26)20-6-2-5-19(25-20)12-16-7-9-18(23)10-8-16/h2,5-10,14,17H,3-4,11-13H2,1H3. The maximum atomic E-state index is 12.9. The summed E-state index contributed by atoms with van der Waals surface area (Å²) in [4.78, 5) is 24.7. The van der Waals surface area contributed by atoms with Gasteiger partial charge in [0.2, 0.25) is 0 Å². The highest BCUT2D eigenvalue weighted by Gasteiger charge is 2.28. The van der Waals surface area contributed by atoms with E-state index in [0.717, 1.165) is 52.8 Å². The number of thiazole rings is 1. The van der Waals surface area contributed by atoms with Crippen LogP contribution in [0.25, 0.3) is 0 Å². The van der Waals surface area contributed by atoms with Gasteiger partial charge in [-0.2, -0.15) is 0 Å². The van der Waals surface area contributed by atoms with E-state index in [-0.39, 0.29) is 11.8 Å². The molecular weight excluding hydrogens is 390 g/mol. The Morgan fingerprint density at radius 1 is 1.25 bits per heavy atom. The van der Waals surface area contributed by atoms with Crippen molar-refractivity contribution in [3.8, 4) is 0 Å². The average Bonchev–Trinajstić information content (AvgIpc) is 3.15. The fraction of sp³-hybridized carbons (Fsp3) is 0.318. The lowest BCUT2D eigenvalue weighted by molar-refractivity contribution is 0.0710. The van der Waals surface area contributed by atoms with Crippen LogP contribution in [0.3, 0.4) is 0 Å². The van der Waals surface area contributed by atoms with Gasteiger partial charge in [0, 0.05) is 41.8 Å². The van der Waals surface area contributed by atoms with Crippen LogP contribution in [0.1, 0.15) is 51.1 Å². The Bertz CT molecular complexity index is 970. The summed E-state index contributed by atoms with van der Waals surface area (Å²) in [6.45, 7) is 3.41. The minimum atomic E-state index is 0.0991. The number of carbonyl (C=O) groups is 1. The second kappa shape index (κ2) is 8.41. The molecule has 0 spiro atoms. The quantitative estimate of drug-likeness (QED) is 0.599. The Kier molecular flexibility index (Phi) is 5.74. The van der Waals surface area contributed by atoms with Gasteiger partial charge in [0.25, 0.3) is 5.91 Å². The summed E-state index contributed by atoms with van der Waals surface area (Å²) in [5.74, 6) is 0.373. The molecule has 1 aliphatic rings. The first-order valence-corrected chi connectivity index (χ1v) is 10.8. The average molecular weight is 412 g/mol. The summed E-state index contributed by atoms with van der Waals surface area (Å²) in [7, 11) is 0. The van der Waals surface area contributed by atoms with Crippen LogP contribution in [0, 0.1) is 6.92 Å². The third-order valence-corrected chi connectivity index (χ3v) is 6.36. The molecule has 2 aromatic heterocycles. The molecule has 4 nitrogen and oxygen atoms in total. The molecule has 0 saturated carbocycles. The van der Waals surface area contributed by atoms with Gasteiger partial charge in [-0.1, -0.05) is 29.8 Å². The van der Waals surface area contributed by atoms with Crippen LogP contribution in [0.2, 0.25) is 5.02 Å². The normalized spacial score (nSPS) is 16.9. The van der Waals surface area contributed by atoms with E-state index in [2.05, 4.69) is 23.2 Å². The first kappa shape index (κ1) is 19.1. The molecule has 1 amide bonds. The van der Waals surface area contributed by atoms with Crippen molar-refractivity contribution >= 4 is 28.8 Å². The van der Waals surface area contributed by atoms with E-state index in [0.29, 0.717) is 6.54 Å². The summed E-state index contributed by atoms with van der Waals surface area (Å²) in [5.41, 5.74) is 5.87. The fourth-order valence-electron chi connectivity index (χ4n) is 3.69. The number of likely N-dealkylation sites (tertiary alicyclic amines) is 1. The fourth-order valence-corrected chi connectivity index (χ4v) is 4.58. The van der Waals surface area contributed by atoms with Gasteiger partial charge < -0.3 is 4.90 Å². The molecule has 1 aliphatic heterocycles. The number of aromatic nitrogens is 2. The highest BCUT2D eigenvalue weighted by atomic mass is 35.5. The van der Waals surface area contributed by atoms with Crippen molar-refractivity contribution < 1.29 is 4.79 Å². The molecule has 1 saturated heterocycles. The number of carbonyl (C=O) groups excluding carboxylic acids is 1. The molecule has 1 fully saturated rings. The Balaban J connectivity index is 1.48. The predicted octanol–water partition coefficient (Wildman–Crippen LogP) is 5.11. The third-order valence-electron chi connectivity index (χ3n) is 5.19. The molecule has 4 rings (SSSR count). The van der Waals surface area contributed by atoms with Gasteiger partial charge in [0.05, 0.1) is 11.2 Å². The van der Waals surface area contributed by atoms with Crippen LogP contribution in [-0.4, -0.2) is 33.9 Å². The molecule has 1 aromatic carbocycles. The van der Waals surface area contributed by atoms with Crippen molar-refractivity contribution in [2.45, 2.75) is 32.1 Å². The number of halogens is 1. The van der Waals surface area contributed by atoms with E-state index in [1.807, 2.05) is 36.1 Å². The van der Waals surface area contributed by atoms with Gasteiger partial charge in [-0.25, -0.2) is 4.98 Å². The monoisotopic (exact) mass is 411 g/mol. The van der Waals surface area contributed by atoms with E-state index < -0.39 is 0 Å². The van der Waals surface area contributed by atoms with Crippen LogP contribution in [-0.2, 0) is 6.42 Å². The minimum absolute atomic E-state index is 0.0991. The number of aryl methyl sites for hydroxylation is 1. The van der Waals surface area contributed by atoms with Crippen molar-refractivity contribution in [1.29, 1.82) is 0 Å². The summed E-state index contributed by atoms with van der Waals surface area (Å²) < 4.78 is 0. The van der Waals surface area contributed by atoms with E-state index in [4.69, 9.17) is 16.6 Å². The maximum Gasteiger partial charge on any atom is 0.265 e. The lowest BCUT2D eigenvalue weighted by atomic mass is 9.93. The van der Waals surface area contributed by atoms with Crippen LogP contribution in [0.5, 0.6) is 0 Å². The molecule has 1 atom stereocenters. The molecule has 6 heteroatoms. The first-order chi connectivity index (χ1) is 13.6. The SMILES string of the molecule is Cc1ncsc1C(=O)N1CCCC(c2cccc(Cc3ccc(Cl)cc3)n2)C1. The highest BCUT2D eigenvalue weighted by molar-refractivity contribution is 7.11. The highest BCUT2D eigenvalue weighted by Crippen LogP contribution is 2.28. The lowest BCUT2D eigenvalue weighted by Gasteiger charge is -2.32. The smallest absolute Gasteiger partial charge is 0.265 e. The first-order valence-electron chi connectivity index (χ1n) is 9.50. The number of pyridine rings is 1. The summed E-state index contributed by atoms with van der Waals surface area (Å²) in [5, 5.41) is 0.744. The molecule has 0 radical (unpaired) electrons. The Labute approximate surface area is 174 Å². The minimum Gasteiger partial charge on any atom is -0.337 e. The molecule has 144 valence electrons. The van der Waals surface area contributed by atoms with Gasteiger partial charge in [0.1, 0.15) is 4.88 Å². The zero-order chi connectivity index (χ0) is 19.5. The Hall–Kier alpha value is -2.24. The van der Waals surface area contributed by atoms with Gasteiger partial charge in [-0.05, 0) is 49.6 Å². The molecule has 0 bridgehead atoms. The number of rotatable bonds is 4. The number of nitrogens with zero attached hydrogens (tertiary/aromatic N) is 3. The van der Waals surface area contributed by atoms with Crippen LogP contribution in [0.15, 0.2) is 48.0 Å². The molecule has 0 N–H and O–H groups in total. The second-order valence-corrected chi connectivity index (χ2v) is 8.51. The van der Waals surface area contributed by atoms with Crippen molar-refractivity contribution in [2.75, 3.05) is 13.1 Å². The second-order valence-electron chi connectivity index (χ2n) is 7.21. The van der Waals surface area contributed by atoms with Gasteiger partial charge in [-0.15, -0.1) is 11.3 Å². The van der Waals surface area contributed by atoms with Crippen LogP contribution < -0.4 is 0 Å². The molecule has 3 aromatic rings. The van der Waals surface area contributed by atoms with E-state index in [9.17, 15) is 4.79 Å². The van der Waals surface area contributed by atoms with Crippen molar-refractivity contribution in [3.63, 3.8) is 0 Å². The van der Waals surface area contributed by atoms with Gasteiger partial charge in [-0.3, -0.25) is 9.78 Å². The topological polar surface area (TPSA) is 46.1 Å². The van der Waals surface area contributed by atoms with Crippen LogP contribution >= 0.6 is 22.9 Å². The number of piperidine rings is 1. The van der Waals surface area contributed by atoms with Crippen molar-refractivity contribution in [1.82, 2.24) is 14.9 Å². The number of hydrogen-bond donors (Lipinski definition) is 0. The number of amides is 1. The molecular formula is C22H22ClN3OS. The van der Waals surface area contributed by atoms with E-state index in [1.54, 1.807) is 5.51 Å². The predicted molar refractivity (Wildman–Crippen MR) is 113 cm³/mol. The van der Waals surface area contributed by atoms with Gasteiger partial charge in [0.15, 0.2) is 0 Å².